The second-order valence-corrected chi connectivity index (χ2v) is 20.3. The predicted octanol–water partition coefficient (Wildman–Crippen LogP) is 14.5. The fourth-order valence-electron chi connectivity index (χ4n) is 11.3. The largest absolute Gasteiger partial charge is 0.454 e. The number of hydrogen-bond acceptors (Lipinski definition) is 5. The van der Waals surface area contributed by atoms with Crippen LogP contribution in [0.2, 0.25) is 0 Å². The van der Waals surface area contributed by atoms with E-state index in [9.17, 15) is 0 Å². The Kier molecular flexibility index (Phi) is 7.00. The van der Waals surface area contributed by atoms with Crippen LogP contribution in [0, 0.1) is 0 Å². The van der Waals surface area contributed by atoms with Crippen molar-refractivity contribution < 1.29 is 13.6 Å². The van der Waals surface area contributed by atoms with Gasteiger partial charge in [0, 0.05) is 32.7 Å². The molecule has 0 radical (unpaired) electrons. The molecule has 0 fully saturated rings. The highest BCUT2D eigenvalue weighted by Crippen LogP contribution is 2.58. The third-order valence-electron chi connectivity index (χ3n) is 14.7. The van der Waals surface area contributed by atoms with Gasteiger partial charge in [-0.15, -0.1) is 0 Å². The molecule has 3 aliphatic heterocycles. The van der Waals surface area contributed by atoms with Crippen molar-refractivity contribution in [3.63, 3.8) is 0 Å². The topological polar surface area (TPSA) is 42.0 Å². The van der Waals surface area contributed by atoms with E-state index in [1.165, 1.54) is 27.7 Å². The highest BCUT2D eigenvalue weighted by molar-refractivity contribution is 6.95. The van der Waals surface area contributed by atoms with E-state index in [-0.39, 0.29) is 23.1 Å². The van der Waals surface area contributed by atoms with Gasteiger partial charge in [0.25, 0.3) is 0 Å². The highest BCUT2D eigenvalue weighted by Gasteiger charge is 2.52. The minimum absolute atomic E-state index is 0.00220. The summed E-state index contributed by atoms with van der Waals surface area (Å²) in [5.41, 5.74) is 17.8. The van der Waals surface area contributed by atoms with Gasteiger partial charge >= 0.3 is 6.85 Å². The molecule has 0 N–H and O–H groups in total. The molecule has 0 bridgehead atoms. The van der Waals surface area contributed by atoms with Crippen molar-refractivity contribution in [1.82, 2.24) is 0 Å². The summed E-state index contributed by atoms with van der Waals surface area (Å²) in [6, 6.07) is 48.6. The van der Waals surface area contributed by atoms with E-state index in [1.807, 2.05) is 0 Å². The van der Waals surface area contributed by atoms with Crippen LogP contribution in [0.1, 0.15) is 78.0 Å². The lowest BCUT2D eigenvalue weighted by Gasteiger charge is -2.46. The Morgan fingerprint density at radius 3 is 2.08 bits per heavy atom. The number of furan rings is 2. The second kappa shape index (κ2) is 12.0. The first-order valence-electron chi connectivity index (χ1n) is 22.2. The molecule has 0 amide bonds. The number of benzene rings is 7. The molecule has 6 heteroatoms. The number of para-hydroxylation sites is 4. The maximum atomic E-state index is 7.59. The van der Waals surface area contributed by atoms with E-state index < -0.39 is 0 Å². The van der Waals surface area contributed by atoms with E-state index in [4.69, 9.17) is 13.6 Å². The van der Waals surface area contributed by atoms with Gasteiger partial charge in [-0.2, -0.15) is 0 Å². The van der Waals surface area contributed by atoms with Crippen molar-refractivity contribution in [2.24, 2.45) is 0 Å². The maximum Gasteiger partial charge on any atom is 0.337 e. The Bertz CT molecular complexity index is 3400. The van der Waals surface area contributed by atoms with Gasteiger partial charge in [0.05, 0.1) is 22.7 Å². The average Bonchev–Trinajstić information content (AvgIpc) is 3.84. The Balaban J connectivity index is 1.24. The van der Waals surface area contributed by atoms with Gasteiger partial charge in [0.15, 0.2) is 11.3 Å². The first kappa shape index (κ1) is 36.0. The van der Waals surface area contributed by atoms with Gasteiger partial charge in [0.2, 0.25) is 5.88 Å². The lowest BCUT2D eigenvalue weighted by Crippen LogP contribution is -2.61. The van der Waals surface area contributed by atoms with Gasteiger partial charge < -0.3 is 18.4 Å². The lowest BCUT2D eigenvalue weighted by atomic mass is 9.43. The normalized spacial score (nSPS) is 16.5. The van der Waals surface area contributed by atoms with E-state index in [2.05, 4.69) is 192 Å². The Labute approximate surface area is 362 Å². The zero-order chi connectivity index (χ0) is 42.0. The molecule has 0 saturated heterocycles. The van der Waals surface area contributed by atoms with Gasteiger partial charge in [-0.3, -0.25) is 4.90 Å². The van der Waals surface area contributed by atoms with Crippen LogP contribution in [0.25, 0.3) is 55.2 Å². The molecule has 0 atom stereocenters. The smallest absolute Gasteiger partial charge is 0.337 e. The molecule has 0 spiro atoms. The van der Waals surface area contributed by atoms with E-state index >= 15 is 0 Å². The van der Waals surface area contributed by atoms with Crippen LogP contribution in [-0.4, -0.2) is 6.85 Å². The van der Waals surface area contributed by atoms with Gasteiger partial charge in [-0.05, 0) is 117 Å². The lowest BCUT2D eigenvalue weighted by molar-refractivity contribution is 0.332. The summed E-state index contributed by atoms with van der Waals surface area (Å²) in [7, 11) is 0. The average molecular weight is 807 g/mol. The van der Waals surface area contributed by atoms with Gasteiger partial charge in [-0.1, -0.05) is 127 Å². The number of ether oxygens (including phenoxy) is 1. The summed E-state index contributed by atoms with van der Waals surface area (Å²) < 4.78 is 21.6. The molecule has 13 rings (SSSR count). The van der Waals surface area contributed by atoms with Gasteiger partial charge in [-0.25, -0.2) is 0 Å². The van der Waals surface area contributed by atoms with Crippen LogP contribution < -0.4 is 25.4 Å². The highest BCUT2D eigenvalue weighted by atomic mass is 16.5. The summed E-state index contributed by atoms with van der Waals surface area (Å²) in [6.45, 7) is 16.2. The third kappa shape index (κ3) is 4.75. The zero-order valence-corrected chi connectivity index (χ0v) is 36.3. The molecule has 302 valence electrons. The van der Waals surface area contributed by atoms with Crippen LogP contribution in [0.5, 0.6) is 11.5 Å². The van der Waals surface area contributed by atoms with Crippen LogP contribution >= 0.6 is 0 Å². The molecule has 1 aliphatic carbocycles. The maximum absolute atomic E-state index is 7.59. The van der Waals surface area contributed by atoms with Gasteiger partial charge in [0.1, 0.15) is 16.9 Å². The van der Waals surface area contributed by atoms with Crippen molar-refractivity contribution >= 4 is 79.3 Å². The molecule has 0 unspecified atom stereocenters. The minimum atomic E-state index is -0.268. The molecule has 62 heavy (non-hydrogen) atoms. The van der Waals surface area contributed by atoms with Crippen LogP contribution in [-0.2, 0) is 16.2 Å². The van der Waals surface area contributed by atoms with Crippen molar-refractivity contribution in [1.29, 1.82) is 0 Å². The first-order chi connectivity index (χ1) is 29.9. The molecule has 0 saturated carbocycles. The molecule has 5 nitrogen and oxygen atoms in total. The van der Waals surface area contributed by atoms with E-state index in [0.717, 1.165) is 108 Å². The van der Waals surface area contributed by atoms with Crippen molar-refractivity contribution in [2.45, 2.75) is 77.6 Å². The van der Waals surface area contributed by atoms with Crippen molar-refractivity contribution in [3.8, 4) is 33.8 Å². The zero-order valence-electron chi connectivity index (χ0n) is 36.3. The molecule has 5 heterocycles. The SMILES string of the molecule is CC(C)(C)c1ccc(N2c3oc4cc5c(cc4c3B3c4c(cc6c(oc7ccccc76)c42)-c2cccc4c2N3c2ccccc2O4)C(C)(C)CCC5(C)C)c(-c2ccccc2)c1. The quantitative estimate of drug-likeness (QED) is 0.163. The number of fused-ring (bicyclic) bond motifs is 13. The van der Waals surface area contributed by atoms with Crippen LogP contribution in [0.4, 0.5) is 28.6 Å². The summed E-state index contributed by atoms with van der Waals surface area (Å²) in [4.78, 5) is 4.98. The summed E-state index contributed by atoms with van der Waals surface area (Å²) >= 11 is 0. The summed E-state index contributed by atoms with van der Waals surface area (Å²) in [5.74, 6) is 2.51. The molecule has 9 aromatic rings. The second-order valence-electron chi connectivity index (χ2n) is 20.3. The minimum Gasteiger partial charge on any atom is -0.454 e. The molecule has 7 aromatic carbocycles. The summed E-state index contributed by atoms with van der Waals surface area (Å²) in [5, 5.41) is 3.32. The van der Waals surface area contributed by atoms with E-state index in [1.54, 1.807) is 0 Å². The molecule has 4 aliphatic rings. The molecule has 2 aromatic heterocycles. The number of nitrogens with zero attached hydrogens (tertiary/aromatic N) is 2. The summed E-state index contributed by atoms with van der Waals surface area (Å²) in [6.07, 6.45) is 2.25. The van der Waals surface area contributed by atoms with Crippen LogP contribution in [0.3, 0.4) is 0 Å². The number of anilines is 5. The fraction of sp³-hybridized carbons (Fsp3) is 0.214. The monoisotopic (exact) mass is 806 g/mol. The van der Waals surface area contributed by atoms with Crippen molar-refractivity contribution in [2.75, 3.05) is 9.71 Å². The number of hydrogen-bond donors (Lipinski definition) is 0. The first-order valence-corrected chi connectivity index (χ1v) is 22.2. The molecular formula is C56H47BN2O3. The van der Waals surface area contributed by atoms with E-state index in [0.29, 0.717) is 0 Å². The van der Waals surface area contributed by atoms with Crippen LogP contribution in [0.15, 0.2) is 142 Å². The number of rotatable bonds is 2. The molecular weight excluding hydrogens is 759 g/mol. The fourth-order valence-corrected chi connectivity index (χ4v) is 11.3. The Hall–Kier alpha value is -6.66. The Morgan fingerprint density at radius 2 is 1.27 bits per heavy atom. The standard InChI is InChI=1S/C56H47BN2O3/c1-54(2,3)33-24-25-42(36(28-33)32-16-9-8-10-17-32)58-51-48-37(29-38-34-18-11-13-21-44(34)61-52(38)51)35-19-15-23-46-50(35)59(43-20-12-14-22-45(43)60-46)57(48)49-39-30-40-41(31-47(39)62-53(49)58)56(6,7)27-26-55(40,4)5/h8-25,28-31H,26-27H2,1-7H3. The third-order valence-corrected chi connectivity index (χ3v) is 14.7. The predicted molar refractivity (Wildman–Crippen MR) is 257 cm³/mol. The Morgan fingerprint density at radius 1 is 0.548 bits per heavy atom. The van der Waals surface area contributed by atoms with Crippen molar-refractivity contribution in [3.05, 3.63) is 150 Å².